The Kier molecular flexibility index (Phi) is 7.26. The first-order valence-corrected chi connectivity index (χ1v) is 9.06. The number of carbonyl (C=O) groups is 1. The van der Waals surface area contributed by atoms with E-state index in [0.717, 1.165) is 30.4 Å². The van der Waals surface area contributed by atoms with Gasteiger partial charge in [-0.2, -0.15) is 0 Å². The van der Waals surface area contributed by atoms with Crippen LogP contribution in [-0.4, -0.2) is 57.4 Å². The summed E-state index contributed by atoms with van der Waals surface area (Å²) in [5.74, 6) is 1.51. The van der Waals surface area contributed by atoms with Gasteiger partial charge in [0.2, 0.25) is 0 Å². The van der Waals surface area contributed by atoms with Gasteiger partial charge in [0.25, 0.3) is 5.91 Å². The van der Waals surface area contributed by atoms with E-state index in [0.29, 0.717) is 19.6 Å². The summed E-state index contributed by atoms with van der Waals surface area (Å²) >= 11 is 0. The second-order valence-electron chi connectivity index (χ2n) is 6.74. The topological polar surface area (TPSA) is 75.2 Å². The highest BCUT2D eigenvalue weighted by Crippen LogP contribution is 2.31. The highest BCUT2D eigenvalue weighted by molar-refractivity contribution is 5.97. The number of benzene rings is 1. The molecular formula is C19H30N4O3. The van der Waals surface area contributed by atoms with Crippen molar-refractivity contribution < 1.29 is 14.3 Å². The second-order valence-corrected chi connectivity index (χ2v) is 6.74. The molecule has 144 valence electrons. The maximum atomic E-state index is 12.2. The molecular weight excluding hydrogens is 332 g/mol. The molecule has 0 aliphatic carbocycles. The number of hydrogen-bond acceptors (Lipinski definition) is 4. The highest BCUT2D eigenvalue weighted by Gasteiger charge is 2.24. The molecule has 2 N–H and O–H groups in total. The van der Waals surface area contributed by atoms with Gasteiger partial charge >= 0.3 is 0 Å². The summed E-state index contributed by atoms with van der Waals surface area (Å²) in [6.45, 7) is 8.83. The van der Waals surface area contributed by atoms with Crippen molar-refractivity contribution in [2.24, 2.45) is 4.99 Å². The number of rotatable bonds is 8. The summed E-state index contributed by atoms with van der Waals surface area (Å²) < 4.78 is 10.9. The molecule has 0 saturated carbocycles. The zero-order chi connectivity index (χ0) is 19.0. The van der Waals surface area contributed by atoms with Crippen LogP contribution in [0.3, 0.4) is 0 Å². The fraction of sp³-hybridized carbons (Fsp3) is 0.579. The van der Waals surface area contributed by atoms with E-state index >= 15 is 0 Å². The first-order valence-electron chi connectivity index (χ1n) is 9.06. The minimum absolute atomic E-state index is 0.00822. The van der Waals surface area contributed by atoms with Crippen LogP contribution in [0, 0.1) is 0 Å². The lowest BCUT2D eigenvalue weighted by atomic mass is 10.1. The van der Waals surface area contributed by atoms with Gasteiger partial charge in [-0.3, -0.25) is 9.79 Å². The van der Waals surface area contributed by atoms with Gasteiger partial charge in [-0.25, -0.2) is 0 Å². The van der Waals surface area contributed by atoms with Crippen LogP contribution in [0.15, 0.2) is 29.3 Å². The Morgan fingerprint density at radius 3 is 2.85 bits per heavy atom. The molecule has 0 fully saturated rings. The Labute approximate surface area is 155 Å². The van der Waals surface area contributed by atoms with E-state index in [4.69, 9.17) is 9.47 Å². The van der Waals surface area contributed by atoms with Crippen molar-refractivity contribution in [1.82, 2.24) is 10.6 Å². The predicted molar refractivity (Wildman–Crippen MR) is 104 cm³/mol. The summed E-state index contributed by atoms with van der Waals surface area (Å²) in [6, 6.07) is 7.63. The maximum absolute atomic E-state index is 12.2. The number of hydrogen-bond donors (Lipinski definition) is 2. The Morgan fingerprint density at radius 2 is 2.12 bits per heavy atom. The van der Waals surface area contributed by atoms with E-state index in [2.05, 4.69) is 15.6 Å². The van der Waals surface area contributed by atoms with E-state index in [1.807, 2.05) is 45.0 Å². The van der Waals surface area contributed by atoms with Crippen molar-refractivity contribution in [1.29, 1.82) is 0 Å². The Hall–Kier alpha value is -2.28. The highest BCUT2D eigenvalue weighted by atomic mass is 16.5. The molecule has 0 spiro atoms. The number of amides is 1. The number of ether oxygens (including phenoxy) is 2. The quantitative estimate of drug-likeness (QED) is 0.419. The number of anilines is 1. The molecule has 1 amide bonds. The Morgan fingerprint density at radius 1 is 1.35 bits per heavy atom. The summed E-state index contributed by atoms with van der Waals surface area (Å²) in [4.78, 5) is 18.5. The van der Waals surface area contributed by atoms with Crippen LogP contribution in [0.4, 0.5) is 5.69 Å². The number of para-hydroxylation sites is 2. The summed E-state index contributed by atoms with van der Waals surface area (Å²) in [5, 5.41) is 6.53. The molecule has 0 unspecified atom stereocenters. The minimum atomic E-state index is -0.299. The molecule has 0 bridgehead atoms. The van der Waals surface area contributed by atoms with Crippen LogP contribution in [0.25, 0.3) is 0 Å². The number of methoxy groups -OCH3 is 1. The van der Waals surface area contributed by atoms with Crippen LogP contribution in [0.1, 0.15) is 27.2 Å². The summed E-state index contributed by atoms with van der Waals surface area (Å²) in [6.07, 6.45) is 0.804. The van der Waals surface area contributed by atoms with E-state index < -0.39 is 0 Å². The van der Waals surface area contributed by atoms with Gasteiger partial charge in [0.05, 0.1) is 17.8 Å². The van der Waals surface area contributed by atoms with Crippen molar-refractivity contribution in [2.75, 3.05) is 44.8 Å². The van der Waals surface area contributed by atoms with Gasteiger partial charge in [0.1, 0.15) is 5.75 Å². The molecule has 0 aromatic heterocycles. The van der Waals surface area contributed by atoms with Crippen LogP contribution >= 0.6 is 0 Å². The number of carbonyl (C=O) groups excluding carboxylic acids is 1. The summed E-state index contributed by atoms with van der Waals surface area (Å²) in [5.41, 5.74) is 0.540. The third kappa shape index (κ3) is 5.62. The SMILES string of the molecule is CCNC(=NCC(C)(C)OC)NCCCN1C(=O)COc2ccccc21. The molecule has 1 aromatic carbocycles. The first-order chi connectivity index (χ1) is 12.5. The third-order valence-electron chi connectivity index (χ3n) is 4.17. The molecule has 1 aromatic rings. The van der Waals surface area contributed by atoms with Gasteiger partial charge in [-0.05, 0) is 39.3 Å². The monoisotopic (exact) mass is 362 g/mol. The van der Waals surface area contributed by atoms with Gasteiger partial charge < -0.3 is 25.0 Å². The Balaban J connectivity index is 1.86. The minimum Gasteiger partial charge on any atom is -0.482 e. The van der Waals surface area contributed by atoms with E-state index in [1.54, 1.807) is 12.0 Å². The molecule has 0 radical (unpaired) electrons. The zero-order valence-electron chi connectivity index (χ0n) is 16.2. The van der Waals surface area contributed by atoms with Crippen molar-refractivity contribution in [3.63, 3.8) is 0 Å². The number of nitrogens with zero attached hydrogens (tertiary/aromatic N) is 2. The number of fused-ring (bicyclic) bond motifs is 1. The van der Waals surface area contributed by atoms with Gasteiger partial charge in [-0.1, -0.05) is 12.1 Å². The molecule has 7 nitrogen and oxygen atoms in total. The van der Waals surface area contributed by atoms with E-state index in [1.165, 1.54) is 0 Å². The molecule has 7 heteroatoms. The molecule has 2 rings (SSSR count). The fourth-order valence-corrected chi connectivity index (χ4v) is 2.52. The zero-order valence-corrected chi connectivity index (χ0v) is 16.2. The van der Waals surface area contributed by atoms with Crippen molar-refractivity contribution in [2.45, 2.75) is 32.8 Å². The third-order valence-corrected chi connectivity index (χ3v) is 4.17. The molecule has 26 heavy (non-hydrogen) atoms. The molecule has 1 aliphatic heterocycles. The van der Waals surface area contributed by atoms with Crippen LogP contribution < -0.4 is 20.3 Å². The number of guanidine groups is 1. The largest absolute Gasteiger partial charge is 0.482 e. The maximum Gasteiger partial charge on any atom is 0.265 e. The molecule has 0 atom stereocenters. The van der Waals surface area contributed by atoms with Crippen molar-refractivity contribution in [3.05, 3.63) is 24.3 Å². The van der Waals surface area contributed by atoms with Crippen LogP contribution in [0.2, 0.25) is 0 Å². The lowest BCUT2D eigenvalue weighted by Gasteiger charge is -2.29. The van der Waals surface area contributed by atoms with Gasteiger partial charge in [0, 0.05) is 26.7 Å². The van der Waals surface area contributed by atoms with Gasteiger partial charge in [0.15, 0.2) is 12.6 Å². The predicted octanol–water partition coefficient (Wildman–Crippen LogP) is 1.78. The van der Waals surface area contributed by atoms with Crippen LogP contribution in [0.5, 0.6) is 5.75 Å². The van der Waals surface area contributed by atoms with Gasteiger partial charge in [-0.15, -0.1) is 0 Å². The van der Waals surface area contributed by atoms with Crippen LogP contribution in [-0.2, 0) is 9.53 Å². The van der Waals surface area contributed by atoms with Crippen molar-refractivity contribution >= 4 is 17.6 Å². The summed E-state index contributed by atoms with van der Waals surface area (Å²) in [7, 11) is 1.69. The molecule has 1 heterocycles. The average Bonchev–Trinajstić information content (AvgIpc) is 2.64. The second kappa shape index (κ2) is 9.43. The lowest BCUT2D eigenvalue weighted by molar-refractivity contribution is -0.121. The van der Waals surface area contributed by atoms with E-state index in [9.17, 15) is 4.79 Å². The smallest absolute Gasteiger partial charge is 0.265 e. The normalized spacial score (nSPS) is 14.7. The Bertz CT molecular complexity index is 631. The van der Waals surface area contributed by atoms with Crippen molar-refractivity contribution in [3.8, 4) is 5.75 Å². The standard InChI is InChI=1S/C19H30N4O3/c1-5-20-18(22-14-19(2,3)25-4)21-11-8-12-23-15-9-6-7-10-16(15)26-13-17(23)24/h6-7,9-10H,5,8,11-14H2,1-4H3,(H2,20,21,22). The number of aliphatic imine (C=N–C) groups is 1. The van der Waals surface area contributed by atoms with E-state index in [-0.39, 0.29) is 18.1 Å². The molecule has 0 saturated heterocycles. The number of nitrogens with one attached hydrogen (secondary N) is 2. The first kappa shape index (κ1) is 20.0. The molecule has 1 aliphatic rings. The fourth-order valence-electron chi connectivity index (χ4n) is 2.52. The lowest BCUT2D eigenvalue weighted by Crippen LogP contribution is -2.42. The average molecular weight is 362 g/mol.